The summed E-state index contributed by atoms with van der Waals surface area (Å²) >= 11 is 0. The Morgan fingerprint density at radius 3 is 2.47 bits per heavy atom. The van der Waals surface area contributed by atoms with Crippen LogP contribution in [0, 0.1) is 6.92 Å². The zero-order chi connectivity index (χ0) is 21.9. The second kappa shape index (κ2) is 8.57. The Kier molecular flexibility index (Phi) is 6.28. The fourth-order valence-corrected chi connectivity index (χ4v) is 4.83. The molecule has 4 nitrogen and oxygen atoms in total. The van der Waals surface area contributed by atoms with Crippen LogP contribution in [-0.2, 0) is 16.2 Å². The van der Waals surface area contributed by atoms with E-state index in [4.69, 9.17) is 0 Å². The number of alkyl halides is 3. The zero-order valence-electron chi connectivity index (χ0n) is 16.4. The Morgan fingerprint density at radius 2 is 1.80 bits per heavy atom. The number of hydrogen-bond donors (Lipinski definition) is 1. The minimum atomic E-state index is -4.77. The van der Waals surface area contributed by atoms with Gasteiger partial charge in [0.05, 0.1) is 10.5 Å². The number of aromatic nitrogens is 1. The van der Waals surface area contributed by atoms with E-state index in [9.17, 15) is 21.6 Å². The summed E-state index contributed by atoms with van der Waals surface area (Å²) in [7, 11) is -4.40. The van der Waals surface area contributed by atoms with Gasteiger partial charge in [-0.1, -0.05) is 37.3 Å². The largest absolute Gasteiger partial charge is 0.417 e. The summed E-state index contributed by atoms with van der Waals surface area (Å²) in [5.41, 5.74) is 2.27. The molecule has 2 aromatic carbocycles. The fourth-order valence-electron chi connectivity index (χ4n) is 3.29. The first kappa shape index (κ1) is 22.0. The van der Waals surface area contributed by atoms with Gasteiger partial charge < -0.3 is 0 Å². The quantitative estimate of drug-likeness (QED) is 0.557. The molecule has 0 radical (unpaired) electrons. The second-order valence-electron chi connectivity index (χ2n) is 6.89. The van der Waals surface area contributed by atoms with Crippen molar-refractivity contribution >= 4 is 10.0 Å². The number of rotatable bonds is 6. The van der Waals surface area contributed by atoms with E-state index in [2.05, 4.69) is 9.71 Å². The van der Waals surface area contributed by atoms with Crippen LogP contribution in [0.5, 0.6) is 0 Å². The van der Waals surface area contributed by atoms with Crippen molar-refractivity contribution in [2.75, 3.05) is 0 Å². The van der Waals surface area contributed by atoms with Crippen molar-refractivity contribution in [2.45, 2.75) is 37.4 Å². The third kappa shape index (κ3) is 4.71. The summed E-state index contributed by atoms with van der Waals surface area (Å²) < 4.78 is 68.0. The summed E-state index contributed by atoms with van der Waals surface area (Å²) in [5.74, 6) is 0. The maximum absolute atomic E-state index is 13.3. The van der Waals surface area contributed by atoms with E-state index in [1.807, 2.05) is 25.1 Å². The molecule has 1 aromatic heterocycles. The van der Waals surface area contributed by atoms with Gasteiger partial charge >= 0.3 is 6.18 Å². The van der Waals surface area contributed by atoms with Crippen molar-refractivity contribution in [3.63, 3.8) is 0 Å². The molecule has 3 aromatic rings. The molecule has 1 N–H and O–H groups in total. The number of aryl methyl sites for hydroxylation is 1. The fraction of sp³-hybridized carbons (Fsp3) is 0.227. The van der Waals surface area contributed by atoms with Gasteiger partial charge in [0.2, 0.25) is 10.0 Å². The molecule has 0 fully saturated rings. The minimum absolute atomic E-state index is 0.367. The van der Waals surface area contributed by atoms with Crippen LogP contribution < -0.4 is 4.72 Å². The Hall–Kier alpha value is -2.71. The highest BCUT2D eigenvalue weighted by atomic mass is 32.2. The van der Waals surface area contributed by atoms with Gasteiger partial charge in [-0.25, -0.2) is 13.1 Å². The van der Waals surface area contributed by atoms with Gasteiger partial charge in [0.15, 0.2) is 0 Å². The molecule has 8 heteroatoms. The van der Waals surface area contributed by atoms with E-state index >= 15 is 0 Å². The van der Waals surface area contributed by atoms with Crippen LogP contribution in [0.2, 0.25) is 0 Å². The zero-order valence-corrected chi connectivity index (χ0v) is 17.3. The molecule has 0 bridgehead atoms. The van der Waals surface area contributed by atoms with Crippen LogP contribution in [0.15, 0.2) is 71.9 Å². The number of nitrogens with one attached hydrogen (secondary N) is 1. The predicted octanol–water partition coefficient (Wildman–Crippen LogP) is 5.51. The molecule has 0 amide bonds. The summed E-state index contributed by atoms with van der Waals surface area (Å²) in [6.07, 6.45) is -1.00. The topological polar surface area (TPSA) is 59.1 Å². The van der Waals surface area contributed by atoms with E-state index in [1.165, 1.54) is 12.1 Å². The molecule has 0 aliphatic heterocycles. The smallest absolute Gasteiger partial charge is 0.264 e. The average Bonchev–Trinajstić information content (AvgIpc) is 2.72. The first-order valence-corrected chi connectivity index (χ1v) is 10.8. The van der Waals surface area contributed by atoms with Crippen molar-refractivity contribution in [1.82, 2.24) is 9.71 Å². The van der Waals surface area contributed by atoms with Gasteiger partial charge in [0.1, 0.15) is 0 Å². The number of nitrogens with zero attached hydrogens (tertiary/aromatic N) is 1. The van der Waals surface area contributed by atoms with Crippen molar-refractivity contribution in [1.29, 1.82) is 0 Å². The molecule has 158 valence electrons. The highest BCUT2D eigenvalue weighted by Gasteiger charge is 2.37. The number of benzene rings is 2. The average molecular weight is 434 g/mol. The molecular weight excluding hydrogens is 413 g/mol. The molecule has 0 aliphatic carbocycles. The van der Waals surface area contributed by atoms with Gasteiger partial charge in [-0.2, -0.15) is 13.2 Å². The van der Waals surface area contributed by atoms with E-state index in [-0.39, 0.29) is 0 Å². The maximum atomic E-state index is 13.3. The van der Waals surface area contributed by atoms with E-state index < -0.39 is 32.7 Å². The summed E-state index contributed by atoms with van der Waals surface area (Å²) in [6, 6.07) is 12.6. The van der Waals surface area contributed by atoms with Crippen molar-refractivity contribution < 1.29 is 21.6 Å². The van der Waals surface area contributed by atoms with E-state index in [0.717, 1.165) is 28.8 Å². The van der Waals surface area contributed by atoms with Gasteiger partial charge in [-0.15, -0.1) is 0 Å². The Labute approximate surface area is 173 Å². The van der Waals surface area contributed by atoms with Crippen LogP contribution in [0.4, 0.5) is 13.2 Å². The lowest BCUT2D eigenvalue weighted by atomic mass is 9.97. The van der Waals surface area contributed by atoms with Crippen LogP contribution in [0.25, 0.3) is 11.1 Å². The lowest BCUT2D eigenvalue weighted by molar-refractivity contribution is -0.139. The summed E-state index contributed by atoms with van der Waals surface area (Å²) in [5, 5.41) is 0. The van der Waals surface area contributed by atoms with Crippen LogP contribution >= 0.6 is 0 Å². The molecule has 0 spiro atoms. The molecule has 0 aliphatic rings. The minimum Gasteiger partial charge on any atom is -0.264 e. The van der Waals surface area contributed by atoms with Gasteiger partial charge in [0, 0.05) is 18.4 Å². The first-order chi connectivity index (χ1) is 14.1. The molecule has 0 saturated carbocycles. The second-order valence-corrected chi connectivity index (χ2v) is 8.57. The summed E-state index contributed by atoms with van der Waals surface area (Å²) in [6.45, 7) is 3.69. The van der Waals surface area contributed by atoms with Crippen molar-refractivity contribution in [3.8, 4) is 11.1 Å². The summed E-state index contributed by atoms with van der Waals surface area (Å²) in [4.78, 5) is 3.29. The molecule has 0 unspecified atom stereocenters. The van der Waals surface area contributed by atoms with Crippen molar-refractivity contribution in [3.05, 3.63) is 83.7 Å². The lowest BCUT2D eigenvalue weighted by Gasteiger charge is -2.20. The normalized spacial score (nSPS) is 13.2. The SMILES string of the molecule is CC[C@H](NS(=O)(=O)c1ccccc1C(F)(F)F)c1cccc(-c2ccncc2C)c1. The standard InChI is InChI=1S/C22H21F3N2O2S/c1-3-20(17-8-6-7-16(13-17)18-11-12-26-14-15(18)2)27-30(28,29)21-10-5-4-9-19(21)22(23,24)25/h4-14,20,27H,3H2,1-2H3/t20-/m0/s1. The molecular formula is C22H21F3N2O2S. The maximum Gasteiger partial charge on any atom is 0.417 e. The predicted molar refractivity (Wildman–Crippen MR) is 109 cm³/mol. The van der Waals surface area contributed by atoms with E-state index in [1.54, 1.807) is 31.5 Å². The van der Waals surface area contributed by atoms with E-state index in [0.29, 0.717) is 12.0 Å². The first-order valence-electron chi connectivity index (χ1n) is 9.33. The third-order valence-corrected chi connectivity index (χ3v) is 6.34. The van der Waals surface area contributed by atoms with Gasteiger partial charge in [0.25, 0.3) is 0 Å². The Balaban J connectivity index is 1.97. The lowest BCUT2D eigenvalue weighted by Crippen LogP contribution is -2.30. The third-order valence-electron chi connectivity index (χ3n) is 4.81. The Morgan fingerprint density at radius 1 is 1.07 bits per heavy atom. The van der Waals surface area contributed by atoms with Crippen LogP contribution in [0.3, 0.4) is 0 Å². The monoisotopic (exact) mass is 434 g/mol. The number of hydrogen-bond acceptors (Lipinski definition) is 3. The number of pyridine rings is 1. The molecule has 1 heterocycles. The van der Waals surface area contributed by atoms with Crippen molar-refractivity contribution in [2.24, 2.45) is 0 Å². The molecule has 1 atom stereocenters. The highest BCUT2D eigenvalue weighted by molar-refractivity contribution is 7.89. The van der Waals surface area contributed by atoms with Gasteiger partial charge in [-0.3, -0.25) is 4.98 Å². The molecule has 30 heavy (non-hydrogen) atoms. The molecule has 0 saturated heterocycles. The molecule has 3 rings (SSSR count). The van der Waals surface area contributed by atoms with Gasteiger partial charge in [-0.05, 0) is 59.9 Å². The number of sulfonamides is 1. The Bertz CT molecular complexity index is 1140. The van der Waals surface area contributed by atoms with Crippen LogP contribution in [0.1, 0.15) is 36.1 Å². The number of halogens is 3. The van der Waals surface area contributed by atoms with Crippen LogP contribution in [-0.4, -0.2) is 13.4 Å². The highest BCUT2D eigenvalue weighted by Crippen LogP contribution is 2.35.